The molecule has 2 heteroatoms. The van der Waals surface area contributed by atoms with Crippen molar-refractivity contribution < 1.29 is 0 Å². The number of hydrogen-bond acceptors (Lipinski definition) is 2. The van der Waals surface area contributed by atoms with Crippen molar-refractivity contribution in [3.8, 4) is 12.1 Å². The van der Waals surface area contributed by atoms with Crippen LogP contribution in [0.2, 0.25) is 0 Å². The van der Waals surface area contributed by atoms with Crippen molar-refractivity contribution >= 4 is 12.8 Å². The zero-order valence-corrected chi connectivity index (χ0v) is 2.79. The highest BCUT2D eigenvalue weighted by Gasteiger charge is 1.90. The molecule has 0 N–H and O–H groups in total. The lowest BCUT2D eigenvalue weighted by Crippen LogP contribution is -1.65. The van der Waals surface area contributed by atoms with E-state index >= 15 is 0 Å². The summed E-state index contributed by atoms with van der Waals surface area (Å²) >= 11 is 3.69. The first-order chi connectivity index (χ1) is 1.89. The molecule has 0 amide bonds. The lowest BCUT2D eigenvalue weighted by molar-refractivity contribution is 1.09. The molecule has 1 nitrogen and oxygen atoms in total. The van der Waals surface area contributed by atoms with E-state index in [4.69, 9.17) is 0 Å². The maximum absolute atomic E-state index is 3.69. The Morgan fingerprint density at radius 1 is 1.50 bits per heavy atom. The van der Waals surface area contributed by atoms with Crippen LogP contribution in [0.25, 0.3) is 0 Å². The maximum Gasteiger partial charge on any atom is 0.0567 e. The Balaban J connectivity index is 2.38. The Kier molecular flexibility index (Phi) is 0.177. The third-order valence-corrected chi connectivity index (χ3v) is 0.412. The molecule has 0 atom stereocenters. The van der Waals surface area contributed by atoms with Crippen molar-refractivity contribution in [1.29, 1.82) is 0 Å². The molecule has 0 aromatic rings. The van der Waals surface area contributed by atoms with Crippen molar-refractivity contribution in [3.05, 3.63) is 0 Å². The molecule has 0 aromatic carbocycles. The molecule has 0 unspecified atom stereocenters. The zero-order valence-electron chi connectivity index (χ0n) is 1.89. The second kappa shape index (κ2) is 0.357. The molecule has 0 aliphatic carbocycles. The average Bonchev–Trinajstić information content (AvgIpc) is 1.75. The minimum Gasteiger partial charge on any atom is -0.199 e. The summed E-state index contributed by atoms with van der Waals surface area (Å²) < 4.78 is 1.44. The first kappa shape index (κ1) is 1.98. The van der Waals surface area contributed by atoms with Gasteiger partial charge in [-0.3, -0.25) is 0 Å². The molecule has 0 radical (unpaired) electrons. The van der Waals surface area contributed by atoms with Gasteiger partial charge in [0.2, 0.25) is 0 Å². The molecule has 1 heterocycles. The lowest BCUT2D eigenvalue weighted by Gasteiger charge is -1.68. The summed E-state index contributed by atoms with van der Waals surface area (Å²) in [5.41, 5.74) is 0. The topological polar surface area (TPSA) is 3.01 Å². The molecule has 1 aliphatic rings. The Bertz CT molecular complexity index is 69.8. The zero-order chi connectivity index (χ0) is 2.99. The summed E-state index contributed by atoms with van der Waals surface area (Å²) in [5.74, 6) is 0. The molecule has 0 saturated heterocycles. The van der Waals surface area contributed by atoms with Gasteiger partial charge in [-0.1, -0.05) is 0 Å². The van der Waals surface area contributed by atoms with Crippen LogP contribution in [-0.2, 0) is 0 Å². The molecule has 20 valence electrons. The predicted octanol–water partition coefficient (Wildman–Crippen LogP) is 0.0652. The Morgan fingerprint density at radius 2 is 1.75 bits per heavy atom. The third kappa shape index (κ3) is 0.117. The van der Waals surface area contributed by atoms with Crippen LogP contribution in [0.1, 0.15) is 0 Å². The van der Waals surface area contributed by atoms with Gasteiger partial charge in [-0.25, -0.2) is 0 Å². The van der Waals surface area contributed by atoms with Crippen LogP contribution in [0, 0.1) is 12.1 Å². The van der Waals surface area contributed by atoms with Crippen LogP contribution in [0.5, 0.6) is 0 Å². The smallest absolute Gasteiger partial charge is 0.0567 e. The van der Waals surface area contributed by atoms with E-state index in [1.54, 1.807) is 0 Å². The van der Waals surface area contributed by atoms with E-state index in [-0.39, 0.29) is 0 Å². The maximum atomic E-state index is 3.69. The molecule has 0 saturated carbocycles. The van der Waals surface area contributed by atoms with Crippen molar-refractivity contribution in [3.63, 3.8) is 0 Å². The van der Waals surface area contributed by atoms with Crippen LogP contribution in [0.4, 0.5) is 0 Å². The van der Waals surface area contributed by atoms with Gasteiger partial charge in [0.15, 0.2) is 0 Å². The monoisotopic (exact) mass is 71.0 g/mol. The molecular formula is C2HNS. The van der Waals surface area contributed by atoms with E-state index in [1.165, 1.54) is 4.31 Å². The molecule has 4 heavy (non-hydrogen) atoms. The van der Waals surface area contributed by atoms with Gasteiger partial charge in [0.05, 0.1) is 12.1 Å². The van der Waals surface area contributed by atoms with Gasteiger partial charge in [0.1, 0.15) is 0 Å². The van der Waals surface area contributed by atoms with E-state index in [1.807, 2.05) is 0 Å². The fraction of sp³-hybridized carbons (Fsp3) is 0. The fourth-order valence-electron chi connectivity index (χ4n) is 0.0224. The van der Waals surface area contributed by atoms with Crippen molar-refractivity contribution in [2.45, 2.75) is 0 Å². The molecular weight excluding hydrogens is 70.1 g/mol. The first-order valence-corrected chi connectivity index (χ1v) is 1.30. The third-order valence-electron chi connectivity index (χ3n) is 0.212. The highest BCUT2D eigenvalue weighted by atomic mass is 32.1. The van der Waals surface area contributed by atoms with E-state index in [2.05, 4.69) is 24.9 Å². The van der Waals surface area contributed by atoms with Crippen molar-refractivity contribution in [2.24, 2.45) is 0 Å². The highest BCUT2D eigenvalue weighted by Crippen LogP contribution is 1.94. The minimum absolute atomic E-state index is 1.44. The van der Waals surface area contributed by atoms with Gasteiger partial charge in [-0.2, -0.15) is 4.31 Å². The number of rotatable bonds is 0. The molecule has 0 fully saturated rings. The second-order valence-electron chi connectivity index (χ2n) is 0.535. The van der Waals surface area contributed by atoms with Crippen LogP contribution in [0.3, 0.4) is 0 Å². The number of thiol groups is 1. The van der Waals surface area contributed by atoms with Gasteiger partial charge in [0.25, 0.3) is 0 Å². The number of hydrogen-bond donors (Lipinski definition) is 1. The summed E-state index contributed by atoms with van der Waals surface area (Å²) in [7, 11) is 0. The molecule has 1 rings (SSSR count). The molecule has 0 bridgehead atoms. The SMILES string of the molecule is SN1C#C1. The van der Waals surface area contributed by atoms with Crippen LogP contribution in [0.15, 0.2) is 0 Å². The molecule has 0 aromatic heterocycles. The van der Waals surface area contributed by atoms with E-state index < -0.39 is 0 Å². The standard InChI is InChI=1S/C2HNS/c4-3-1-2-3/h4H. The van der Waals surface area contributed by atoms with Gasteiger partial charge >= 0.3 is 0 Å². The van der Waals surface area contributed by atoms with E-state index in [0.717, 1.165) is 0 Å². The fourth-order valence-corrected chi connectivity index (χ4v) is 0.0671. The highest BCUT2D eigenvalue weighted by molar-refractivity contribution is 7.78. The quantitative estimate of drug-likeness (QED) is 0.312. The van der Waals surface area contributed by atoms with Gasteiger partial charge in [0, 0.05) is 0 Å². The van der Waals surface area contributed by atoms with E-state index in [0.29, 0.717) is 0 Å². The minimum atomic E-state index is 1.44. The summed E-state index contributed by atoms with van der Waals surface area (Å²) in [5, 5.41) is 0. The first-order valence-electron chi connectivity index (χ1n) is 0.897. The summed E-state index contributed by atoms with van der Waals surface area (Å²) in [6.07, 6.45) is 0. The normalized spacial score (nSPS) is 13.8. The predicted molar refractivity (Wildman–Crippen MR) is 18.6 cm³/mol. The van der Waals surface area contributed by atoms with Crippen molar-refractivity contribution in [1.82, 2.24) is 4.31 Å². The molecule has 1 aliphatic heterocycles. The summed E-state index contributed by atoms with van der Waals surface area (Å²) in [6, 6.07) is 5.09. The largest absolute Gasteiger partial charge is 0.199 e. The Labute approximate surface area is 30.1 Å². The van der Waals surface area contributed by atoms with Gasteiger partial charge in [-0.15, -0.1) is 0 Å². The Hall–Kier alpha value is -0.290. The van der Waals surface area contributed by atoms with Crippen LogP contribution >= 0.6 is 12.8 Å². The number of nitrogens with zero attached hydrogens (tertiary/aromatic N) is 1. The Morgan fingerprint density at radius 3 is 1.75 bits per heavy atom. The van der Waals surface area contributed by atoms with E-state index in [9.17, 15) is 0 Å². The lowest BCUT2D eigenvalue weighted by atomic mass is 11.4. The van der Waals surface area contributed by atoms with Crippen LogP contribution < -0.4 is 0 Å². The summed E-state index contributed by atoms with van der Waals surface area (Å²) in [4.78, 5) is 0. The van der Waals surface area contributed by atoms with Gasteiger partial charge in [-0.05, 0) is 12.8 Å². The average molecular weight is 71.1 g/mol. The summed E-state index contributed by atoms with van der Waals surface area (Å²) in [6.45, 7) is 0. The second-order valence-corrected chi connectivity index (χ2v) is 0.935. The van der Waals surface area contributed by atoms with Crippen molar-refractivity contribution in [2.75, 3.05) is 0 Å². The van der Waals surface area contributed by atoms with Crippen LogP contribution in [-0.4, -0.2) is 4.31 Å². The van der Waals surface area contributed by atoms with Gasteiger partial charge < -0.3 is 0 Å². The molecule has 0 spiro atoms.